The molecule has 234 valence electrons. The maximum absolute atomic E-state index is 11.2. The Kier molecular flexibility index (Phi) is 11.2. The second-order valence-electron chi connectivity index (χ2n) is 13.8. The van der Waals surface area contributed by atoms with Crippen molar-refractivity contribution in [2.75, 3.05) is 13.2 Å². The largest absolute Gasteiger partial charge is 0.405 e. The summed E-state index contributed by atoms with van der Waals surface area (Å²) in [6, 6.07) is 41.9. The lowest BCUT2D eigenvalue weighted by Crippen LogP contribution is -2.67. The molecule has 0 aliphatic heterocycles. The van der Waals surface area contributed by atoms with Gasteiger partial charge in [0.1, 0.15) is 0 Å². The zero-order valence-electron chi connectivity index (χ0n) is 27.2. The van der Waals surface area contributed by atoms with Gasteiger partial charge in [-0.3, -0.25) is 0 Å². The molecule has 4 rings (SSSR count). The van der Waals surface area contributed by atoms with Crippen molar-refractivity contribution >= 4 is 37.4 Å². The van der Waals surface area contributed by atoms with Gasteiger partial charge in [0, 0.05) is 0 Å². The molecule has 6 heteroatoms. The maximum atomic E-state index is 11.2. The lowest BCUT2D eigenvalue weighted by molar-refractivity contribution is 0.0550. The van der Waals surface area contributed by atoms with Crippen molar-refractivity contribution < 1.29 is 19.1 Å². The van der Waals surface area contributed by atoms with Crippen molar-refractivity contribution in [3.05, 3.63) is 121 Å². The van der Waals surface area contributed by atoms with Crippen molar-refractivity contribution in [2.45, 2.75) is 76.7 Å². The van der Waals surface area contributed by atoms with E-state index in [2.05, 4.69) is 139 Å². The minimum atomic E-state index is -2.75. The first kappa shape index (κ1) is 34.0. The first-order valence-electron chi connectivity index (χ1n) is 15.8. The average molecular weight is 627 g/mol. The molecule has 0 aliphatic carbocycles. The summed E-state index contributed by atoms with van der Waals surface area (Å²) in [6.45, 7) is 13.8. The molecule has 0 fully saturated rings. The summed E-state index contributed by atoms with van der Waals surface area (Å²) < 4.78 is 13.8. The van der Waals surface area contributed by atoms with Crippen LogP contribution in [0.5, 0.6) is 0 Å². The highest BCUT2D eigenvalue weighted by atomic mass is 28.4. The summed E-state index contributed by atoms with van der Waals surface area (Å²) in [5, 5.41) is 26.8. The fraction of sp³-hybridized carbons (Fsp3) is 0.368. The molecule has 0 aromatic heterocycles. The summed E-state index contributed by atoms with van der Waals surface area (Å²) in [5.74, 6) is 0. The van der Waals surface area contributed by atoms with Crippen LogP contribution in [0.4, 0.5) is 0 Å². The van der Waals surface area contributed by atoms with E-state index >= 15 is 0 Å². The fourth-order valence-corrected chi connectivity index (χ4v) is 15.7. The van der Waals surface area contributed by atoms with Crippen LogP contribution < -0.4 is 20.7 Å². The zero-order chi connectivity index (χ0) is 31.8. The lowest BCUT2D eigenvalue weighted by atomic mass is 10.1. The minimum Gasteiger partial charge on any atom is -0.405 e. The van der Waals surface area contributed by atoms with E-state index in [9.17, 15) is 10.2 Å². The van der Waals surface area contributed by atoms with E-state index in [1.807, 2.05) is 24.3 Å². The van der Waals surface area contributed by atoms with Gasteiger partial charge in [-0.15, -0.1) is 0 Å². The van der Waals surface area contributed by atoms with Crippen molar-refractivity contribution in [1.29, 1.82) is 0 Å². The fourth-order valence-electron chi connectivity index (χ4n) is 6.52. The third kappa shape index (κ3) is 7.33. The normalized spacial score (nSPS) is 14.3. The second-order valence-corrected chi connectivity index (χ2v) is 22.4. The summed E-state index contributed by atoms with van der Waals surface area (Å²) in [6.07, 6.45) is -0.578. The number of hydrogen-bond donors (Lipinski definition) is 2. The molecule has 0 spiro atoms. The van der Waals surface area contributed by atoms with Crippen LogP contribution in [-0.2, 0) is 8.85 Å². The van der Waals surface area contributed by atoms with Crippen LogP contribution in [-0.4, -0.2) is 52.3 Å². The van der Waals surface area contributed by atoms with Gasteiger partial charge < -0.3 is 19.1 Å². The number of rotatable bonds is 13. The summed E-state index contributed by atoms with van der Waals surface area (Å²) >= 11 is 0. The monoisotopic (exact) mass is 626 g/mol. The van der Waals surface area contributed by atoms with E-state index in [1.54, 1.807) is 0 Å². The average Bonchev–Trinajstić information content (AvgIpc) is 3.01. The van der Waals surface area contributed by atoms with Gasteiger partial charge >= 0.3 is 0 Å². The molecule has 0 aliphatic rings. The molecule has 44 heavy (non-hydrogen) atoms. The predicted octanol–water partition coefficient (Wildman–Crippen LogP) is 5.64. The van der Waals surface area contributed by atoms with Gasteiger partial charge in [0.25, 0.3) is 16.6 Å². The molecule has 2 unspecified atom stereocenters. The van der Waals surface area contributed by atoms with Gasteiger partial charge in [-0.05, 0) is 43.7 Å². The van der Waals surface area contributed by atoms with Crippen LogP contribution in [0.1, 0.15) is 54.4 Å². The highest BCUT2D eigenvalue weighted by Crippen LogP contribution is 2.38. The van der Waals surface area contributed by atoms with Gasteiger partial charge in [-0.25, -0.2) is 0 Å². The highest BCUT2D eigenvalue weighted by Gasteiger charge is 2.51. The highest BCUT2D eigenvalue weighted by molar-refractivity contribution is 7.00. The van der Waals surface area contributed by atoms with Crippen LogP contribution in [0.3, 0.4) is 0 Å². The number of hydrogen-bond acceptors (Lipinski definition) is 4. The maximum Gasteiger partial charge on any atom is 0.261 e. The number of aliphatic hydroxyl groups is 2. The first-order valence-corrected chi connectivity index (χ1v) is 19.6. The van der Waals surface area contributed by atoms with Crippen LogP contribution in [0, 0.1) is 0 Å². The summed E-state index contributed by atoms with van der Waals surface area (Å²) in [4.78, 5) is 0. The third-order valence-corrected chi connectivity index (χ3v) is 18.7. The van der Waals surface area contributed by atoms with Crippen LogP contribution in [0.25, 0.3) is 0 Å². The number of benzene rings is 4. The molecule has 0 heterocycles. The van der Waals surface area contributed by atoms with Crippen molar-refractivity contribution in [3.8, 4) is 0 Å². The van der Waals surface area contributed by atoms with Crippen molar-refractivity contribution in [3.63, 3.8) is 0 Å². The Labute approximate surface area is 267 Å². The van der Waals surface area contributed by atoms with Gasteiger partial charge in [-0.1, -0.05) is 163 Å². The van der Waals surface area contributed by atoms with Crippen LogP contribution >= 0.6 is 0 Å². The molecular formula is C38H50O4Si2. The standard InChI is InChI=1S/C38H50O4Si2/c1-37(2,3)43(33-19-11-7-12-20-33,34-21-13-8-14-22-34)41-29-31(39)27-28-32(40)30-42-44(38(4,5)6,35-23-15-9-16-24-35)36-25-17-10-18-26-36/h7-26,31-32,39-40H,27-30H2,1-6H3. The zero-order valence-corrected chi connectivity index (χ0v) is 29.2. The summed E-state index contributed by atoms with van der Waals surface area (Å²) in [5.41, 5.74) is 0. The molecule has 0 bridgehead atoms. The topological polar surface area (TPSA) is 58.9 Å². The Morgan fingerprint density at radius 1 is 0.455 bits per heavy atom. The van der Waals surface area contributed by atoms with Crippen LogP contribution in [0.15, 0.2) is 121 Å². The molecule has 0 saturated carbocycles. The van der Waals surface area contributed by atoms with E-state index in [0.717, 1.165) is 0 Å². The van der Waals surface area contributed by atoms with Crippen molar-refractivity contribution in [2.24, 2.45) is 0 Å². The molecule has 2 N–H and O–H groups in total. The number of aliphatic hydroxyl groups excluding tert-OH is 2. The minimum absolute atomic E-state index is 0.168. The molecule has 0 saturated heterocycles. The van der Waals surface area contributed by atoms with Crippen molar-refractivity contribution in [1.82, 2.24) is 0 Å². The van der Waals surface area contributed by atoms with E-state index in [1.165, 1.54) is 20.7 Å². The Balaban J connectivity index is 1.48. The molecule has 0 radical (unpaired) electrons. The third-order valence-electron chi connectivity index (χ3n) is 8.65. The molecule has 4 aromatic rings. The van der Waals surface area contributed by atoms with E-state index in [-0.39, 0.29) is 23.3 Å². The quantitative estimate of drug-likeness (QED) is 0.189. The Morgan fingerprint density at radius 2 is 0.682 bits per heavy atom. The Morgan fingerprint density at radius 3 is 0.886 bits per heavy atom. The molecule has 4 nitrogen and oxygen atoms in total. The molecule has 0 amide bonds. The van der Waals surface area contributed by atoms with Gasteiger partial charge in [0.2, 0.25) is 0 Å². The molecule has 4 aromatic carbocycles. The Bertz CT molecular complexity index is 1210. The van der Waals surface area contributed by atoms with Gasteiger partial charge in [-0.2, -0.15) is 0 Å². The second kappa shape index (κ2) is 14.5. The first-order chi connectivity index (χ1) is 20.9. The smallest absolute Gasteiger partial charge is 0.261 e. The SMILES string of the molecule is CC(C)(C)[Si](OCC(O)CCC(O)CO[Si](c1ccccc1)(c1ccccc1)C(C)(C)C)(c1ccccc1)c1ccccc1. The molecular weight excluding hydrogens is 577 g/mol. The van der Waals surface area contributed by atoms with Gasteiger partial charge in [0.05, 0.1) is 25.4 Å². The van der Waals surface area contributed by atoms with E-state index < -0.39 is 28.8 Å². The lowest BCUT2D eigenvalue weighted by Gasteiger charge is -2.43. The van der Waals surface area contributed by atoms with Crippen LogP contribution in [0.2, 0.25) is 10.1 Å². The van der Waals surface area contributed by atoms with Gasteiger partial charge in [0.15, 0.2) is 0 Å². The molecule has 2 atom stereocenters. The predicted molar refractivity (Wildman–Crippen MR) is 188 cm³/mol. The Hall–Kier alpha value is -2.85. The summed E-state index contributed by atoms with van der Waals surface area (Å²) in [7, 11) is -5.49. The van der Waals surface area contributed by atoms with E-state index in [0.29, 0.717) is 12.8 Å². The van der Waals surface area contributed by atoms with E-state index in [4.69, 9.17) is 8.85 Å².